The molecule has 4 rings (SSSR count). The summed E-state index contributed by atoms with van der Waals surface area (Å²) in [6, 6.07) is 5.70. The molecule has 0 aromatic carbocycles. The van der Waals surface area contributed by atoms with Crippen LogP contribution in [0.15, 0.2) is 36.8 Å². The predicted octanol–water partition coefficient (Wildman–Crippen LogP) is 1.34. The Labute approximate surface area is 150 Å². The van der Waals surface area contributed by atoms with Gasteiger partial charge < -0.3 is 10.6 Å². The van der Waals surface area contributed by atoms with E-state index in [2.05, 4.69) is 31.0 Å². The monoisotopic (exact) mass is 352 g/mol. The molecule has 0 aliphatic carbocycles. The highest BCUT2D eigenvalue weighted by molar-refractivity contribution is 6.03. The van der Waals surface area contributed by atoms with Gasteiger partial charge in [-0.3, -0.25) is 4.79 Å². The van der Waals surface area contributed by atoms with E-state index in [0.717, 1.165) is 31.6 Å². The summed E-state index contributed by atoms with van der Waals surface area (Å²) >= 11 is 0. The van der Waals surface area contributed by atoms with Crippen LogP contribution in [0, 0.1) is 6.92 Å². The van der Waals surface area contributed by atoms with Gasteiger partial charge in [0.05, 0.1) is 23.6 Å². The highest BCUT2D eigenvalue weighted by Crippen LogP contribution is 2.20. The molecular weight excluding hydrogens is 332 g/mol. The maximum Gasteiger partial charge on any atom is 0.278 e. The number of rotatable bonds is 4. The van der Waals surface area contributed by atoms with Gasteiger partial charge in [-0.25, -0.2) is 14.3 Å². The number of nitrogens with zero attached hydrogens (tertiary/aromatic N) is 6. The Hall–Kier alpha value is -3.07. The van der Waals surface area contributed by atoms with Crippen molar-refractivity contribution in [2.45, 2.75) is 25.8 Å². The predicted molar refractivity (Wildman–Crippen MR) is 95.2 cm³/mol. The topological polar surface area (TPSA) is 103 Å². The fourth-order valence-corrected chi connectivity index (χ4v) is 3.14. The lowest BCUT2D eigenvalue weighted by atomic mass is 10.1. The summed E-state index contributed by atoms with van der Waals surface area (Å²) in [5, 5.41) is 18.6. The molecule has 0 saturated carbocycles. The summed E-state index contributed by atoms with van der Waals surface area (Å²) in [5.74, 6) is 0.400. The quantitative estimate of drug-likeness (QED) is 0.735. The van der Waals surface area contributed by atoms with Gasteiger partial charge in [-0.1, -0.05) is 5.21 Å². The second-order valence-electron chi connectivity index (χ2n) is 6.26. The summed E-state index contributed by atoms with van der Waals surface area (Å²) < 4.78 is 3.52. The van der Waals surface area contributed by atoms with Crippen LogP contribution in [-0.4, -0.2) is 48.8 Å². The number of amides is 1. The van der Waals surface area contributed by atoms with E-state index in [-0.39, 0.29) is 5.91 Å². The number of pyridine rings is 1. The molecule has 1 amide bonds. The number of aromatic nitrogens is 6. The normalized spacial score (nSPS) is 15.1. The van der Waals surface area contributed by atoms with Crippen molar-refractivity contribution in [3.63, 3.8) is 0 Å². The molecule has 9 heteroatoms. The summed E-state index contributed by atoms with van der Waals surface area (Å²) in [5.41, 5.74) is 1.73. The standard InChI is InChI=1S/C17H20N8O/c1-12-16(22-23-25(12)14-5-8-18-9-6-14)17(26)21-13-3-4-15(19-11-13)24-10-2-7-20-24/h2-4,7,10-11,14,18H,5-6,8-9H2,1H3,(H,21,26). The Morgan fingerprint density at radius 3 is 2.85 bits per heavy atom. The minimum atomic E-state index is -0.281. The van der Waals surface area contributed by atoms with Crippen LogP contribution < -0.4 is 10.6 Å². The second-order valence-corrected chi connectivity index (χ2v) is 6.26. The van der Waals surface area contributed by atoms with Crippen molar-refractivity contribution in [2.24, 2.45) is 0 Å². The van der Waals surface area contributed by atoms with Crippen molar-refractivity contribution >= 4 is 11.6 Å². The number of carbonyl (C=O) groups is 1. The molecule has 26 heavy (non-hydrogen) atoms. The molecule has 2 N–H and O–H groups in total. The zero-order valence-corrected chi connectivity index (χ0v) is 14.5. The zero-order chi connectivity index (χ0) is 17.9. The third-order valence-electron chi connectivity index (χ3n) is 4.54. The van der Waals surface area contributed by atoms with Crippen LogP contribution in [0.5, 0.6) is 0 Å². The van der Waals surface area contributed by atoms with E-state index in [1.54, 1.807) is 29.2 Å². The lowest BCUT2D eigenvalue weighted by Gasteiger charge is -2.23. The number of piperidine rings is 1. The highest BCUT2D eigenvalue weighted by atomic mass is 16.2. The van der Waals surface area contributed by atoms with Crippen LogP contribution in [0.25, 0.3) is 5.82 Å². The third kappa shape index (κ3) is 3.21. The number of hydrogen-bond acceptors (Lipinski definition) is 6. The summed E-state index contributed by atoms with van der Waals surface area (Å²) in [4.78, 5) is 16.9. The largest absolute Gasteiger partial charge is 0.319 e. The number of anilines is 1. The van der Waals surface area contributed by atoms with Gasteiger partial charge >= 0.3 is 0 Å². The molecule has 134 valence electrons. The van der Waals surface area contributed by atoms with Gasteiger partial charge in [0.15, 0.2) is 11.5 Å². The van der Waals surface area contributed by atoms with Crippen molar-refractivity contribution < 1.29 is 4.79 Å². The van der Waals surface area contributed by atoms with Crippen molar-refractivity contribution in [1.82, 2.24) is 35.1 Å². The average molecular weight is 352 g/mol. The van der Waals surface area contributed by atoms with E-state index in [9.17, 15) is 4.79 Å². The van der Waals surface area contributed by atoms with Gasteiger partial charge in [0.1, 0.15) is 0 Å². The number of nitrogens with one attached hydrogen (secondary N) is 2. The molecule has 4 heterocycles. The molecule has 0 bridgehead atoms. The SMILES string of the molecule is Cc1c(C(=O)Nc2ccc(-n3cccn3)nc2)nnn1C1CCNCC1. The van der Waals surface area contributed by atoms with Gasteiger partial charge in [0, 0.05) is 12.4 Å². The van der Waals surface area contributed by atoms with Gasteiger partial charge in [-0.05, 0) is 51.1 Å². The summed E-state index contributed by atoms with van der Waals surface area (Å²) in [6.45, 7) is 3.80. The smallest absolute Gasteiger partial charge is 0.278 e. The van der Waals surface area contributed by atoms with Gasteiger partial charge in [-0.15, -0.1) is 5.10 Å². The summed E-state index contributed by atoms with van der Waals surface area (Å²) in [6.07, 6.45) is 7.07. The molecule has 1 aliphatic heterocycles. The number of carbonyl (C=O) groups excluding carboxylic acids is 1. The Balaban J connectivity index is 1.47. The van der Waals surface area contributed by atoms with E-state index in [4.69, 9.17) is 0 Å². The first kappa shape index (κ1) is 16.4. The fraction of sp³-hybridized carbons (Fsp3) is 0.353. The Morgan fingerprint density at radius 1 is 1.31 bits per heavy atom. The van der Waals surface area contributed by atoms with Crippen LogP contribution >= 0.6 is 0 Å². The van der Waals surface area contributed by atoms with Gasteiger partial charge in [0.25, 0.3) is 5.91 Å². The average Bonchev–Trinajstić information content (AvgIpc) is 3.33. The molecule has 9 nitrogen and oxygen atoms in total. The van der Waals surface area contributed by atoms with E-state index in [1.165, 1.54) is 0 Å². The van der Waals surface area contributed by atoms with Crippen LogP contribution in [0.1, 0.15) is 35.1 Å². The van der Waals surface area contributed by atoms with Crippen molar-refractivity contribution in [3.8, 4) is 5.82 Å². The van der Waals surface area contributed by atoms with E-state index in [0.29, 0.717) is 23.2 Å². The molecular formula is C17H20N8O. The minimum absolute atomic E-state index is 0.281. The van der Waals surface area contributed by atoms with Crippen molar-refractivity contribution in [3.05, 3.63) is 48.2 Å². The Kier molecular flexibility index (Phi) is 4.44. The molecule has 0 atom stereocenters. The first-order valence-corrected chi connectivity index (χ1v) is 8.62. The van der Waals surface area contributed by atoms with Crippen molar-refractivity contribution in [2.75, 3.05) is 18.4 Å². The molecule has 1 saturated heterocycles. The van der Waals surface area contributed by atoms with Crippen molar-refractivity contribution in [1.29, 1.82) is 0 Å². The van der Waals surface area contributed by atoms with E-state index < -0.39 is 0 Å². The first-order chi connectivity index (χ1) is 12.7. The van der Waals surface area contributed by atoms with E-state index >= 15 is 0 Å². The van der Waals surface area contributed by atoms with Gasteiger partial charge in [-0.2, -0.15) is 5.10 Å². The molecule has 0 radical (unpaired) electrons. The van der Waals surface area contributed by atoms with Gasteiger partial charge in [0.2, 0.25) is 0 Å². The minimum Gasteiger partial charge on any atom is -0.319 e. The maximum absolute atomic E-state index is 12.6. The molecule has 1 aliphatic rings. The van der Waals surface area contributed by atoms with Crippen LogP contribution in [0.4, 0.5) is 5.69 Å². The first-order valence-electron chi connectivity index (χ1n) is 8.62. The second kappa shape index (κ2) is 7.04. The van der Waals surface area contributed by atoms with Crippen LogP contribution in [0.3, 0.4) is 0 Å². The van der Waals surface area contributed by atoms with Crippen LogP contribution in [0.2, 0.25) is 0 Å². The molecule has 3 aromatic heterocycles. The summed E-state index contributed by atoms with van der Waals surface area (Å²) in [7, 11) is 0. The third-order valence-corrected chi connectivity index (χ3v) is 4.54. The Morgan fingerprint density at radius 2 is 2.15 bits per heavy atom. The van der Waals surface area contributed by atoms with E-state index in [1.807, 2.05) is 23.9 Å². The maximum atomic E-state index is 12.6. The lowest BCUT2D eigenvalue weighted by Crippen LogP contribution is -2.30. The molecule has 3 aromatic rings. The highest BCUT2D eigenvalue weighted by Gasteiger charge is 2.23. The fourth-order valence-electron chi connectivity index (χ4n) is 3.14. The Bertz CT molecular complexity index is 878. The van der Waals surface area contributed by atoms with Crippen LogP contribution in [-0.2, 0) is 0 Å². The molecule has 0 spiro atoms. The zero-order valence-electron chi connectivity index (χ0n) is 14.5. The number of hydrogen-bond donors (Lipinski definition) is 2. The molecule has 1 fully saturated rings. The lowest BCUT2D eigenvalue weighted by molar-refractivity contribution is 0.102. The molecule has 0 unspecified atom stereocenters.